The minimum atomic E-state index is -4.99. The van der Waals surface area contributed by atoms with Gasteiger partial charge in [0.15, 0.2) is 12.2 Å². The number of unbranched alkanes of at least 4 members (excludes halogenated alkanes) is 27. The molecule has 2 unspecified atom stereocenters. The van der Waals surface area contributed by atoms with Crippen LogP contribution in [0.15, 0.2) is 134 Å². The standard InChI is InChI=1S/C85H144O17P2/c1-5-9-13-17-21-25-29-33-35-37-39-41-43-47-49-53-57-61-65-69-82(87)95-75-80(101-84(89)71-67-63-59-55-51-45-31-27-23-19-15-11-7-3)77-99-103(91,92)97-73-79(86)74-98-104(93,94)100-78-81(102-85(90)72-68-64-60-56-52-46-32-28-24-20-16-12-8-4)76-96-83(88)70-66-62-58-54-50-48-44-42-40-38-36-34-30-26-22-18-14-10-6-2/h9-10,13-14,21-22,25-26,33-36,39-42,47-50,57,61,79-81,86H,5-8,11-12,15-20,23-24,27-32,37-38,43-46,51-56,58-60,62-78H2,1-4H3,(H,91,92)(H,93,94)/b13-9-,14-10-,25-21-,26-22-,35-33-,36-34-,41-39-,42-40-,49-47-,50-48-,61-57-/t79-,80-,81-/m1/s1. The van der Waals surface area contributed by atoms with Crippen LogP contribution in [-0.4, -0.2) is 96.7 Å². The molecule has 0 aliphatic rings. The molecular weight excluding hydrogens is 1350 g/mol. The number of phosphoric acid groups is 2. The van der Waals surface area contributed by atoms with Crippen molar-refractivity contribution >= 4 is 39.5 Å². The van der Waals surface area contributed by atoms with Gasteiger partial charge >= 0.3 is 39.5 Å². The number of rotatable bonds is 75. The summed E-state index contributed by atoms with van der Waals surface area (Å²) in [5, 5.41) is 10.6. The molecule has 0 amide bonds. The van der Waals surface area contributed by atoms with E-state index in [2.05, 4.69) is 143 Å². The van der Waals surface area contributed by atoms with E-state index < -0.39 is 97.5 Å². The van der Waals surface area contributed by atoms with Gasteiger partial charge in [-0.25, -0.2) is 9.13 Å². The maximum atomic E-state index is 13.1. The molecule has 0 bridgehead atoms. The second kappa shape index (κ2) is 76.4. The quantitative estimate of drug-likeness (QED) is 0.0169. The van der Waals surface area contributed by atoms with Crippen LogP contribution in [0.25, 0.3) is 0 Å². The van der Waals surface area contributed by atoms with Crippen LogP contribution in [0.4, 0.5) is 0 Å². The molecule has 0 rings (SSSR count). The third kappa shape index (κ3) is 75.4. The lowest BCUT2D eigenvalue weighted by molar-refractivity contribution is -0.161. The van der Waals surface area contributed by atoms with Crippen LogP contribution in [-0.2, 0) is 65.4 Å². The highest BCUT2D eigenvalue weighted by molar-refractivity contribution is 7.47. The van der Waals surface area contributed by atoms with E-state index in [1.165, 1.54) is 103 Å². The molecule has 19 heteroatoms. The minimum absolute atomic E-state index is 0.0354. The second-order valence-corrected chi connectivity index (χ2v) is 29.5. The van der Waals surface area contributed by atoms with Crippen molar-refractivity contribution in [3.05, 3.63) is 134 Å². The van der Waals surface area contributed by atoms with Crippen LogP contribution in [0.2, 0.25) is 0 Å². The Kier molecular flexibility index (Phi) is 72.9. The Morgan fingerprint density at radius 3 is 0.827 bits per heavy atom. The van der Waals surface area contributed by atoms with Gasteiger partial charge < -0.3 is 33.8 Å². The van der Waals surface area contributed by atoms with Crippen molar-refractivity contribution < 1.29 is 80.2 Å². The fourth-order valence-corrected chi connectivity index (χ4v) is 12.1. The molecular formula is C85H144O17P2. The zero-order valence-corrected chi connectivity index (χ0v) is 66.9. The van der Waals surface area contributed by atoms with Crippen LogP contribution in [0, 0.1) is 0 Å². The number of esters is 4. The first kappa shape index (κ1) is 99.2. The predicted molar refractivity (Wildman–Crippen MR) is 427 cm³/mol. The average molecular weight is 1500 g/mol. The van der Waals surface area contributed by atoms with Gasteiger partial charge in [0.1, 0.15) is 19.3 Å². The van der Waals surface area contributed by atoms with E-state index in [9.17, 15) is 43.2 Å². The SMILES string of the molecule is CC/C=C\C/C=C\C/C=C\C/C=C\C/C=C\C/C=C\CCC(=O)OC[C@H](COP(=O)(O)OC[C@@H](O)COP(=O)(O)OC[C@@H](COC(=O)CCCCC/C=C\C/C=C\C/C=C\C/C=C\C/C=C\CC)OC(=O)CCCCCCCCCCCCCCC)OC(=O)CCCCCCCCCCCCCCC. The average Bonchev–Trinajstić information content (AvgIpc) is 0.913. The van der Waals surface area contributed by atoms with Crippen molar-refractivity contribution in [1.82, 2.24) is 0 Å². The number of ether oxygens (including phenoxy) is 4. The summed E-state index contributed by atoms with van der Waals surface area (Å²) in [5.74, 6) is -2.30. The maximum absolute atomic E-state index is 13.1. The number of hydrogen-bond acceptors (Lipinski definition) is 15. The Labute approximate surface area is 631 Å². The highest BCUT2D eigenvalue weighted by atomic mass is 31.2. The Hall–Kier alpha value is -4.80. The molecule has 0 aromatic heterocycles. The number of hydrogen-bond donors (Lipinski definition) is 3. The lowest BCUT2D eigenvalue weighted by Gasteiger charge is -2.21. The Bertz CT molecular complexity index is 2490. The molecule has 596 valence electrons. The van der Waals surface area contributed by atoms with Crippen molar-refractivity contribution in [2.75, 3.05) is 39.6 Å². The molecule has 0 saturated carbocycles. The fourth-order valence-electron chi connectivity index (χ4n) is 10.6. The summed E-state index contributed by atoms with van der Waals surface area (Å²) in [7, 11) is -9.98. The van der Waals surface area contributed by atoms with E-state index in [1.807, 2.05) is 18.2 Å². The van der Waals surface area contributed by atoms with Gasteiger partial charge in [-0.05, 0) is 109 Å². The molecule has 0 aliphatic heterocycles. The molecule has 0 fully saturated rings. The molecule has 0 spiro atoms. The van der Waals surface area contributed by atoms with Crippen molar-refractivity contribution in [2.45, 2.75) is 341 Å². The van der Waals surface area contributed by atoms with Gasteiger partial charge in [0.05, 0.1) is 26.4 Å². The van der Waals surface area contributed by atoms with Crippen molar-refractivity contribution in [2.24, 2.45) is 0 Å². The summed E-state index contributed by atoms with van der Waals surface area (Å²) in [6.45, 7) is 4.55. The molecule has 104 heavy (non-hydrogen) atoms. The van der Waals surface area contributed by atoms with Crippen molar-refractivity contribution in [1.29, 1.82) is 0 Å². The molecule has 0 saturated heterocycles. The predicted octanol–water partition coefficient (Wildman–Crippen LogP) is 23.7. The van der Waals surface area contributed by atoms with Crippen LogP contribution >= 0.6 is 15.6 Å². The second-order valence-electron chi connectivity index (χ2n) is 26.6. The molecule has 0 aromatic rings. The Morgan fingerprint density at radius 2 is 0.519 bits per heavy atom. The number of aliphatic hydroxyl groups excluding tert-OH is 1. The van der Waals surface area contributed by atoms with Crippen LogP contribution in [0.5, 0.6) is 0 Å². The normalized spacial score (nSPS) is 14.6. The highest BCUT2D eigenvalue weighted by Gasteiger charge is 2.30. The first-order valence-electron chi connectivity index (χ1n) is 40.4. The fraction of sp³-hybridized carbons (Fsp3) is 0.694. The number of carbonyl (C=O) groups excluding carboxylic acids is 4. The van der Waals surface area contributed by atoms with Gasteiger partial charge in [0.25, 0.3) is 0 Å². The van der Waals surface area contributed by atoms with Gasteiger partial charge in [-0.1, -0.05) is 322 Å². The van der Waals surface area contributed by atoms with E-state index in [4.69, 9.17) is 37.0 Å². The summed E-state index contributed by atoms with van der Waals surface area (Å²) >= 11 is 0. The summed E-state index contributed by atoms with van der Waals surface area (Å²) in [6, 6.07) is 0. The summed E-state index contributed by atoms with van der Waals surface area (Å²) < 4.78 is 68.5. The number of phosphoric ester groups is 2. The molecule has 17 nitrogen and oxygen atoms in total. The summed E-state index contributed by atoms with van der Waals surface area (Å²) in [5.41, 5.74) is 0. The third-order valence-electron chi connectivity index (χ3n) is 16.7. The topological polar surface area (TPSA) is 237 Å². The van der Waals surface area contributed by atoms with E-state index in [1.54, 1.807) is 0 Å². The first-order chi connectivity index (χ1) is 50.7. The van der Waals surface area contributed by atoms with Gasteiger partial charge in [-0.2, -0.15) is 0 Å². The lowest BCUT2D eigenvalue weighted by atomic mass is 10.0. The minimum Gasteiger partial charge on any atom is -0.462 e. The Balaban J connectivity index is 5.41. The monoisotopic (exact) mass is 1500 g/mol. The number of aliphatic hydroxyl groups is 1. The first-order valence-corrected chi connectivity index (χ1v) is 43.4. The van der Waals surface area contributed by atoms with Crippen LogP contribution < -0.4 is 0 Å². The molecule has 5 atom stereocenters. The van der Waals surface area contributed by atoms with E-state index in [-0.39, 0.29) is 25.7 Å². The Morgan fingerprint density at radius 1 is 0.279 bits per heavy atom. The molecule has 0 aromatic carbocycles. The van der Waals surface area contributed by atoms with E-state index in [0.29, 0.717) is 32.1 Å². The molecule has 0 heterocycles. The molecule has 0 radical (unpaired) electrons. The lowest BCUT2D eigenvalue weighted by Crippen LogP contribution is -2.30. The van der Waals surface area contributed by atoms with Crippen molar-refractivity contribution in [3.63, 3.8) is 0 Å². The van der Waals surface area contributed by atoms with Gasteiger partial charge in [-0.15, -0.1) is 0 Å². The summed E-state index contributed by atoms with van der Waals surface area (Å²) in [4.78, 5) is 73.0. The zero-order valence-electron chi connectivity index (χ0n) is 65.2. The molecule has 3 N–H and O–H groups in total. The number of allylic oxidation sites excluding steroid dienone is 22. The van der Waals surface area contributed by atoms with Crippen molar-refractivity contribution in [3.8, 4) is 0 Å². The smallest absolute Gasteiger partial charge is 0.462 e. The van der Waals surface area contributed by atoms with Crippen LogP contribution in [0.1, 0.15) is 323 Å². The highest BCUT2D eigenvalue weighted by Crippen LogP contribution is 2.45. The van der Waals surface area contributed by atoms with Gasteiger partial charge in [0, 0.05) is 25.7 Å². The zero-order chi connectivity index (χ0) is 76.0. The summed E-state index contributed by atoms with van der Waals surface area (Å²) in [6.07, 6.45) is 85.9. The van der Waals surface area contributed by atoms with Gasteiger partial charge in [-0.3, -0.25) is 37.3 Å². The number of carbonyl (C=O) groups is 4. The third-order valence-corrected chi connectivity index (χ3v) is 18.6. The van der Waals surface area contributed by atoms with Crippen LogP contribution in [0.3, 0.4) is 0 Å². The largest absolute Gasteiger partial charge is 0.472 e. The van der Waals surface area contributed by atoms with E-state index >= 15 is 0 Å². The van der Waals surface area contributed by atoms with Gasteiger partial charge in [0.2, 0.25) is 0 Å². The van der Waals surface area contributed by atoms with E-state index in [0.717, 1.165) is 135 Å². The maximum Gasteiger partial charge on any atom is 0.472 e. The molecule has 0 aliphatic carbocycles.